The minimum atomic E-state index is -0.272. The van der Waals surface area contributed by atoms with Gasteiger partial charge in [0.25, 0.3) is 5.91 Å². The van der Waals surface area contributed by atoms with Crippen LogP contribution in [0.5, 0.6) is 0 Å². The highest BCUT2D eigenvalue weighted by Gasteiger charge is 2.51. The molecule has 0 bridgehead atoms. The zero-order valence-corrected chi connectivity index (χ0v) is 15.6. The third-order valence-electron chi connectivity index (χ3n) is 5.63. The van der Waals surface area contributed by atoms with Crippen LogP contribution in [-0.2, 0) is 9.53 Å². The van der Waals surface area contributed by atoms with Crippen molar-refractivity contribution in [3.05, 3.63) is 22.4 Å². The summed E-state index contributed by atoms with van der Waals surface area (Å²) in [6, 6.07) is 1.86. The number of hydrogen-bond donors (Lipinski definition) is 0. The maximum Gasteiger partial charge on any atom is 0.410 e. The fourth-order valence-corrected chi connectivity index (χ4v) is 4.86. The van der Waals surface area contributed by atoms with E-state index < -0.39 is 0 Å². The van der Waals surface area contributed by atoms with E-state index in [2.05, 4.69) is 0 Å². The van der Waals surface area contributed by atoms with Crippen molar-refractivity contribution in [2.45, 2.75) is 44.4 Å². The summed E-state index contributed by atoms with van der Waals surface area (Å²) < 4.78 is 5.52. The van der Waals surface area contributed by atoms with E-state index >= 15 is 0 Å². The average molecular weight is 377 g/mol. The second-order valence-corrected chi connectivity index (χ2v) is 7.86. The van der Waals surface area contributed by atoms with Gasteiger partial charge in [0.2, 0.25) is 5.91 Å². The minimum Gasteiger partial charge on any atom is -0.442 e. The number of ether oxygens (including phenoxy) is 1. The summed E-state index contributed by atoms with van der Waals surface area (Å²) in [5.41, 5.74) is 0.735. The topological polar surface area (TPSA) is 70.2 Å². The predicted molar refractivity (Wildman–Crippen MR) is 96.0 cm³/mol. The van der Waals surface area contributed by atoms with Crippen LogP contribution >= 0.6 is 11.3 Å². The Hall–Kier alpha value is -2.09. The molecule has 8 heteroatoms. The summed E-state index contributed by atoms with van der Waals surface area (Å²) in [5, 5.41) is 3.78. The Morgan fingerprint density at radius 1 is 1.23 bits per heavy atom. The van der Waals surface area contributed by atoms with Crippen LogP contribution in [0, 0.1) is 0 Å². The third-order valence-corrected chi connectivity index (χ3v) is 6.31. The third kappa shape index (κ3) is 2.96. The number of carbonyl (C=O) groups is 3. The van der Waals surface area contributed by atoms with Crippen molar-refractivity contribution in [2.75, 3.05) is 26.2 Å². The monoisotopic (exact) mass is 377 g/mol. The summed E-state index contributed by atoms with van der Waals surface area (Å²) >= 11 is 1.52. The molecule has 1 aromatic heterocycles. The fraction of sp³-hybridized carbons (Fsp3) is 0.611. The van der Waals surface area contributed by atoms with Gasteiger partial charge in [0.15, 0.2) is 0 Å². The lowest BCUT2D eigenvalue weighted by atomic mass is 10.0. The van der Waals surface area contributed by atoms with E-state index in [1.165, 1.54) is 11.3 Å². The van der Waals surface area contributed by atoms with Gasteiger partial charge in [-0.05, 0) is 24.3 Å². The molecule has 26 heavy (non-hydrogen) atoms. The molecule has 3 aliphatic heterocycles. The molecule has 3 saturated heterocycles. The van der Waals surface area contributed by atoms with Gasteiger partial charge >= 0.3 is 6.09 Å². The number of nitrogens with zero attached hydrogens (tertiary/aromatic N) is 3. The lowest BCUT2D eigenvalue weighted by Crippen LogP contribution is -2.51. The van der Waals surface area contributed by atoms with Gasteiger partial charge in [-0.1, -0.05) is 6.92 Å². The molecule has 3 fully saturated rings. The molecule has 0 saturated carbocycles. The molecule has 3 aliphatic rings. The molecule has 7 nitrogen and oxygen atoms in total. The zero-order chi connectivity index (χ0) is 18.3. The molecule has 4 heterocycles. The maximum atomic E-state index is 12.5. The van der Waals surface area contributed by atoms with Crippen molar-refractivity contribution in [2.24, 2.45) is 0 Å². The number of hydrogen-bond acceptors (Lipinski definition) is 5. The lowest BCUT2D eigenvalue weighted by molar-refractivity contribution is -0.130. The number of piperidine rings is 1. The van der Waals surface area contributed by atoms with E-state index in [1.54, 1.807) is 4.90 Å². The fourth-order valence-electron chi connectivity index (χ4n) is 4.23. The molecule has 140 valence electrons. The first-order valence-electron chi connectivity index (χ1n) is 9.16. The van der Waals surface area contributed by atoms with E-state index in [4.69, 9.17) is 4.74 Å². The minimum absolute atomic E-state index is 0.0536. The summed E-state index contributed by atoms with van der Waals surface area (Å²) in [5.74, 6) is 0.165. The van der Waals surface area contributed by atoms with Crippen molar-refractivity contribution in [3.8, 4) is 0 Å². The Morgan fingerprint density at radius 3 is 2.65 bits per heavy atom. The van der Waals surface area contributed by atoms with Crippen LogP contribution in [0.3, 0.4) is 0 Å². The largest absolute Gasteiger partial charge is 0.442 e. The molecule has 0 aromatic carbocycles. The van der Waals surface area contributed by atoms with Crippen molar-refractivity contribution in [1.82, 2.24) is 14.7 Å². The second-order valence-electron chi connectivity index (χ2n) is 7.08. The van der Waals surface area contributed by atoms with E-state index in [-0.39, 0.29) is 36.1 Å². The SMILES string of the molecule is CCC(=O)N1C[C@@H]2OC(=O)N(C3CCN(C(=O)c4ccsc4)CC3)[C@@H]2C1. The Labute approximate surface area is 156 Å². The first kappa shape index (κ1) is 17.3. The van der Waals surface area contributed by atoms with Crippen LogP contribution in [0.4, 0.5) is 4.79 Å². The molecule has 0 aliphatic carbocycles. The van der Waals surface area contributed by atoms with Crippen LogP contribution in [0.2, 0.25) is 0 Å². The van der Waals surface area contributed by atoms with Crippen LogP contribution in [-0.4, -0.2) is 77.0 Å². The lowest BCUT2D eigenvalue weighted by Gasteiger charge is -2.37. The van der Waals surface area contributed by atoms with Gasteiger partial charge in [-0.2, -0.15) is 11.3 Å². The molecule has 0 unspecified atom stereocenters. The molecule has 0 spiro atoms. The Bertz CT molecular complexity index is 699. The highest BCUT2D eigenvalue weighted by molar-refractivity contribution is 7.08. The second kappa shape index (κ2) is 6.90. The van der Waals surface area contributed by atoms with Gasteiger partial charge in [0, 0.05) is 37.5 Å². The van der Waals surface area contributed by atoms with Crippen LogP contribution in [0.1, 0.15) is 36.5 Å². The van der Waals surface area contributed by atoms with E-state index in [0.717, 1.165) is 18.4 Å². The van der Waals surface area contributed by atoms with Gasteiger partial charge in [0.05, 0.1) is 18.2 Å². The van der Waals surface area contributed by atoms with Crippen LogP contribution in [0.15, 0.2) is 16.8 Å². The van der Waals surface area contributed by atoms with E-state index in [9.17, 15) is 14.4 Å². The first-order chi connectivity index (χ1) is 12.6. The predicted octanol–water partition coefficient (Wildman–Crippen LogP) is 1.79. The quantitative estimate of drug-likeness (QED) is 0.805. The average Bonchev–Trinajstić information content (AvgIpc) is 3.36. The van der Waals surface area contributed by atoms with Crippen molar-refractivity contribution < 1.29 is 19.1 Å². The van der Waals surface area contributed by atoms with Crippen LogP contribution in [0.25, 0.3) is 0 Å². The highest BCUT2D eigenvalue weighted by Crippen LogP contribution is 2.32. The summed E-state index contributed by atoms with van der Waals surface area (Å²) in [4.78, 5) is 42.3. The van der Waals surface area contributed by atoms with Gasteiger partial charge in [-0.25, -0.2) is 4.79 Å². The van der Waals surface area contributed by atoms with Gasteiger partial charge in [-0.3, -0.25) is 14.5 Å². The van der Waals surface area contributed by atoms with Gasteiger partial charge in [-0.15, -0.1) is 0 Å². The first-order valence-corrected chi connectivity index (χ1v) is 10.1. The van der Waals surface area contributed by atoms with Crippen molar-refractivity contribution >= 4 is 29.2 Å². The Kier molecular flexibility index (Phi) is 4.60. The standard InChI is InChI=1S/C18H23N3O4S/c1-2-16(22)20-9-14-15(10-20)25-18(24)21(14)13-3-6-19(7-4-13)17(23)12-5-8-26-11-12/h5,8,11,13-15H,2-4,6-7,9-10H2,1H3/t14-,15+/m1/s1. The van der Waals surface area contributed by atoms with Crippen molar-refractivity contribution in [3.63, 3.8) is 0 Å². The van der Waals surface area contributed by atoms with Crippen LogP contribution < -0.4 is 0 Å². The molecular weight excluding hydrogens is 354 g/mol. The van der Waals surface area contributed by atoms with Gasteiger partial charge in [0.1, 0.15) is 6.10 Å². The number of carbonyl (C=O) groups excluding carboxylic acids is 3. The molecule has 2 atom stereocenters. The maximum absolute atomic E-state index is 12.5. The number of amides is 3. The van der Waals surface area contributed by atoms with Gasteiger partial charge < -0.3 is 14.5 Å². The number of fused-ring (bicyclic) bond motifs is 1. The molecule has 3 amide bonds. The molecule has 4 rings (SSSR count). The number of rotatable bonds is 3. The normalized spacial score (nSPS) is 26.2. The summed E-state index contributed by atoms with van der Waals surface area (Å²) in [7, 11) is 0. The molecule has 0 radical (unpaired) electrons. The molecular formula is C18H23N3O4S. The number of thiophene rings is 1. The smallest absolute Gasteiger partial charge is 0.410 e. The summed E-state index contributed by atoms with van der Waals surface area (Å²) in [6.07, 6.45) is 1.47. The van der Waals surface area contributed by atoms with E-state index in [1.807, 2.05) is 33.6 Å². The van der Waals surface area contributed by atoms with Crippen molar-refractivity contribution in [1.29, 1.82) is 0 Å². The molecule has 0 N–H and O–H groups in total. The Balaban J connectivity index is 1.39. The Morgan fingerprint density at radius 2 is 2.00 bits per heavy atom. The summed E-state index contributed by atoms with van der Waals surface area (Å²) in [6.45, 7) is 4.17. The molecule has 1 aromatic rings. The highest BCUT2D eigenvalue weighted by atomic mass is 32.1. The number of likely N-dealkylation sites (tertiary alicyclic amines) is 2. The van der Waals surface area contributed by atoms with E-state index in [0.29, 0.717) is 32.6 Å². The zero-order valence-electron chi connectivity index (χ0n) is 14.8.